The van der Waals surface area contributed by atoms with E-state index in [1.165, 1.54) is 44.9 Å². The van der Waals surface area contributed by atoms with E-state index in [9.17, 15) is 38.7 Å². The van der Waals surface area contributed by atoms with E-state index in [0.717, 1.165) is 64.2 Å². The number of ether oxygens (including phenoxy) is 4. The molecule has 4 amide bonds. The van der Waals surface area contributed by atoms with Gasteiger partial charge in [0, 0.05) is 51.4 Å². The number of carbonyl (C=O) groups excluding carboxylic acids is 5. The molecule has 17 nitrogen and oxygen atoms in total. The van der Waals surface area contributed by atoms with Crippen molar-refractivity contribution in [1.82, 2.24) is 21.3 Å². The van der Waals surface area contributed by atoms with Crippen molar-refractivity contribution in [1.29, 1.82) is 0 Å². The molecule has 17 heteroatoms. The molecule has 0 rings (SSSR count). The molecule has 0 aromatic carbocycles. The van der Waals surface area contributed by atoms with Crippen LogP contribution in [0.3, 0.4) is 0 Å². The fourth-order valence-corrected chi connectivity index (χ4v) is 5.95. The number of hydrogen-bond donors (Lipinski definition) is 6. The minimum Gasteiger partial charge on any atom is -0.481 e. The lowest BCUT2D eigenvalue weighted by atomic mass is 10.0. The van der Waals surface area contributed by atoms with Gasteiger partial charge in [0.15, 0.2) is 0 Å². The molecule has 0 aliphatic carbocycles. The lowest BCUT2D eigenvalue weighted by Gasteiger charge is -2.14. The summed E-state index contributed by atoms with van der Waals surface area (Å²) in [6.07, 6.45) is 19.0. The van der Waals surface area contributed by atoms with Crippen LogP contribution in [0.2, 0.25) is 0 Å². The number of carbonyl (C=O) groups is 7. The molecule has 0 radical (unpaired) electrons. The highest BCUT2D eigenvalue weighted by atomic mass is 16.5. The summed E-state index contributed by atoms with van der Waals surface area (Å²) in [6.45, 7) is 11.2. The van der Waals surface area contributed by atoms with Crippen LogP contribution in [0.4, 0.5) is 0 Å². The van der Waals surface area contributed by atoms with Gasteiger partial charge in [-0.05, 0) is 52.9 Å². The number of rotatable bonds is 43. The molecule has 6 N–H and O–H groups in total. The maximum Gasteiger partial charge on any atom is 0.326 e. The highest BCUT2D eigenvalue weighted by Crippen LogP contribution is 2.14. The van der Waals surface area contributed by atoms with Crippen LogP contribution in [0, 0.1) is 5.92 Å². The normalized spacial score (nSPS) is 11.7. The Labute approximate surface area is 371 Å². The lowest BCUT2D eigenvalue weighted by molar-refractivity contribution is -0.142. The third-order valence-corrected chi connectivity index (χ3v) is 9.77. The lowest BCUT2D eigenvalue weighted by Crippen LogP contribution is -2.41. The Hall–Kier alpha value is -3.67. The van der Waals surface area contributed by atoms with Gasteiger partial charge in [0.05, 0.1) is 33.0 Å². The third kappa shape index (κ3) is 45.8. The van der Waals surface area contributed by atoms with E-state index in [4.69, 9.17) is 24.1 Å². The largest absolute Gasteiger partial charge is 0.481 e. The summed E-state index contributed by atoms with van der Waals surface area (Å²) in [5.74, 6) is -2.35. The predicted molar refractivity (Wildman–Crippen MR) is 238 cm³/mol. The molecule has 0 aliphatic heterocycles. The molecule has 0 fully saturated rings. The fourth-order valence-electron chi connectivity index (χ4n) is 5.95. The average molecular weight is 889 g/mol. The van der Waals surface area contributed by atoms with E-state index in [-0.39, 0.29) is 61.4 Å². The average Bonchev–Trinajstić information content (AvgIpc) is 3.22. The summed E-state index contributed by atoms with van der Waals surface area (Å²) in [5, 5.41) is 28.4. The Morgan fingerprint density at radius 3 is 1.45 bits per heavy atom. The number of hydrogen-bond acceptors (Lipinski definition) is 11. The van der Waals surface area contributed by atoms with Crippen molar-refractivity contribution >= 4 is 41.4 Å². The van der Waals surface area contributed by atoms with Gasteiger partial charge >= 0.3 is 11.9 Å². The number of carboxylic acid groups (broad SMARTS) is 2. The van der Waals surface area contributed by atoms with Crippen LogP contribution in [0.15, 0.2) is 0 Å². The molecule has 0 heterocycles. The quantitative estimate of drug-likeness (QED) is 0.0415. The van der Waals surface area contributed by atoms with E-state index in [1.54, 1.807) is 13.8 Å². The Bertz CT molecular complexity index is 1170. The molecule has 0 aromatic rings. The maximum atomic E-state index is 12.0. The van der Waals surface area contributed by atoms with Crippen LogP contribution in [0.25, 0.3) is 0 Å². The van der Waals surface area contributed by atoms with Crippen LogP contribution in [-0.2, 0) is 52.5 Å². The van der Waals surface area contributed by atoms with Crippen LogP contribution < -0.4 is 21.3 Å². The van der Waals surface area contributed by atoms with Gasteiger partial charge in [0.1, 0.15) is 25.0 Å². The van der Waals surface area contributed by atoms with E-state index < -0.39 is 18.0 Å². The number of nitrogens with one attached hydrogen (secondary N) is 4. The zero-order valence-electron chi connectivity index (χ0n) is 38.7. The van der Waals surface area contributed by atoms with Crippen molar-refractivity contribution in [3.8, 4) is 0 Å². The first-order chi connectivity index (χ1) is 29.8. The van der Waals surface area contributed by atoms with Crippen LogP contribution >= 0.6 is 0 Å². The summed E-state index contributed by atoms with van der Waals surface area (Å²) in [4.78, 5) is 79.3. The second-order valence-corrected chi connectivity index (χ2v) is 15.4. The van der Waals surface area contributed by atoms with Gasteiger partial charge < -0.3 is 50.4 Å². The maximum absolute atomic E-state index is 12.0. The van der Waals surface area contributed by atoms with Crippen molar-refractivity contribution in [2.45, 2.75) is 169 Å². The SMILES string of the molecule is CCNC(=O)CC[C@H](NC(=O)CCCCCCCCCCCCCCCCC(=O)O)C(=O)O.CCOCCOCC(=O)NCCOCCOCC(=O)NCCCC[C@H](C)C(C)=O. The monoisotopic (exact) mass is 889 g/mol. The Morgan fingerprint density at radius 2 is 0.968 bits per heavy atom. The highest BCUT2D eigenvalue weighted by Gasteiger charge is 2.20. The minimum atomic E-state index is -1.11. The molecule has 362 valence electrons. The van der Waals surface area contributed by atoms with Crippen LogP contribution in [0.1, 0.15) is 163 Å². The van der Waals surface area contributed by atoms with Crippen molar-refractivity contribution in [3.05, 3.63) is 0 Å². The van der Waals surface area contributed by atoms with Gasteiger partial charge in [-0.25, -0.2) is 4.79 Å². The number of aliphatic carboxylic acids is 2. The molecule has 2 atom stereocenters. The standard InChI is InChI=1S/C25H46N2O6.C20H38N2O7/c1-2-26-22(28)20-19-21(25(32)33)27-23(29)17-15-13-11-9-7-5-3-4-6-8-10-12-14-16-18-24(30)31;1-4-26-11-13-28-16-20(25)22-9-10-27-12-14-29-15-19(24)21-8-6-5-7-17(2)18(3)23/h21H,2-20H2,1H3,(H,26,28)(H,27,29)(H,30,31)(H,32,33);17H,4-16H2,1-3H3,(H,21,24)(H,22,25)/t21-;17-/m00/s1. The molecule has 0 bridgehead atoms. The smallest absolute Gasteiger partial charge is 0.326 e. The van der Waals surface area contributed by atoms with E-state index in [2.05, 4.69) is 21.3 Å². The zero-order valence-corrected chi connectivity index (χ0v) is 38.7. The Balaban J connectivity index is 0. The van der Waals surface area contributed by atoms with Gasteiger partial charge in [0.25, 0.3) is 0 Å². The summed E-state index contributed by atoms with van der Waals surface area (Å²) in [5.41, 5.74) is 0. The van der Waals surface area contributed by atoms with Crippen molar-refractivity contribution in [3.63, 3.8) is 0 Å². The van der Waals surface area contributed by atoms with E-state index >= 15 is 0 Å². The minimum absolute atomic E-state index is 0.00104. The molecule has 62 heavy (non-hydrogen) atoms. The van der Waals surface area contributed by atoms with Crippen LogP contribution in [0.5, 0.6) is 0 Å². The first-order valence-corrected chi connectivity index (χ1v) is 23.2. The second kappa shape index (κ2) is 45.4. The second-order valence-electron chi connectivity index (χ2n) is 15.4. The number of ketones is 1. The Kier molecular flexibility index (Phi) is 44.2. The van der Waals surface area contributed by atoms with Gasteiger partial charge in [-0.2, -0.15) is 0 Å². The van der Waals surface area contributed by atoms with Crippen LogP contribution in [-0.4, -0.2) is 130 Å². The van der Waals surface area contributed by atoms with Crippen molar-refractivity contribution < 1.29 is 62.7 Å². The first-order valence-electron chi connectivity index (χ1n) is 23.2. The summed E-state index contributed by atoms with van der Waals surface area (Å²) in [6, 6.07) is -1.02. The molecular formula is C45H84N4O13. The van der Waals surface area contributed by atoms with Gasteiger partial charge in [-0.3, -0.25) is 28.8 Å². The summed E-state index contributed by atoms with van der Waals surface area (Å²) in [7, 11) is 0. The molecule has 0 saturated carbocycles. The molecular weight excluding hydrogens is 805 g/mol. The van der Waals surface area contributed by atoms with Gasteiger partial charge in [0.2, 0.25) is 23.6 Å². The fraction of sp³-hybridized carbons (Fsp3) is 0.844. The zero-order chi connectivity index (χ0) is 46.5. The van der Waals surface area contributed by atoms with E-state index in [0.29, 0.717) is 72.1 Å². The number of amides is 4. The summed E-state index contributed by atoms with van der Waals surface area (Å²) < 4.78 is 20.8. The van der Waals surface area contributed by atoms with E-state index in [1.807, 2.05) is 13.8 Å². The number of Topliss-reactive ketones (excluding diaryl/α,β-unsaturated/α-hetero) is 1. The molecule has 0 spiro atoms. The molecule has 0 unspecified atom stereocenters. The Morgan fingerprint density at radius 1 is 0.484 bits per heavy atom. The third-order valence-electron chi connectivity index (χ3n) is 9.77. The summed E-state index contributed by atoms with van der Waals surface area (Å²) >= 11 is 0. The van der Waals surface area contributed by atoms with Gasteiger partial charge in [-0.15, -0.1) is 0 Å². The van der Waals surface area contributed by atoms with Crippen molar-refractivity contribution in [2.24, 2.45) is 5.92 Å². The highest BCUT2D eigenvalue weighted by molar-refractivity contribution is 5.84. The predicted octanol–water partition coefficient (Wildman–Crippen LogP) is 5.50. The first kappa shape index (κ1) is 60.4. The molecule has 0 aliphatic rings. The number of carboxylic acids is 2. The molecule has 0 aromatic heterocycles. The topological polar surface area (TPSA) is 245 Å². The number of unbranched alkanes of at least 4 members (excludes halogenated alkanes) is 14. The molecule has 0 saturated heterocycles. The van der Waals surface area contributed by atoms with Gasteiger partial charge in [-0.1, -0.05) is 90.4 Å². The van der Waals surface area contributed by atoms with Crippen molar-refractivity contribution in [2.75, 3.05) is 72.5 Å².